The van der Waals surface area contributed by atoms with Crippen molar-refractivity contribution in [2.24, 2.45) is 0 Å². The van der Waals surface area contributed by atoms with Gasteiger partial charge in [0.15, 0.2) is 5.82 Å². The molecular weight excluding hydrogens is 396 g/mol. The van der Waals surface area contributed by atoms with Gasteiger partial charge in [-0.1, -0.05) is 60.7 Å². The normalized spacial score (nSPS) is 11.1. The van der Waals surface area contributed by atoms with Gasteiger partial charge in [-0.3, -0.25) is 4.98 Å². The third kappa shape index (κ3) is 3.71. The van der Waals surface area contributed by atoms with Crippen LogP contribution in [0.1, 0.15) is 22.4 Å². The van der Waals surface area contributed by atoms with Crippen molar-refractivity contribution in [2.45, 2.75) is 27.3 Å². The van der Waals surface area contributed by atoms with Gasteiger partial charge in [-0.05, 0) is 65.1 Å². The summed E-state index contributed by atoms with van der Waals surface area (Å²) in [5.41, 5.74) is 10.1. The lowest BCUT2D eigenvalue weighted by atomic mass is 9.98. The lowest BCUT2D eigenvalue weighted by molar-refractivity contribution is 0.881. The maximum absolute atomic E-state index is 4.77. The molecule has 6 nitrogen and oxygen atoms in total. The lowest BCUT2D eigenvalue weighted by Crippen LogP contribution is -2.02. The number of fused-ring (bicyclic) bond motifs is 1. The Hall–Kier alpha value is -4.06. The first-order valence-electron chi connectivity index (χ1n) is 10.6. The molecule has 0 radical (unpaired) electrons. The van der Waals surface area contributed by atoms with Crippen LogP contribution in [0.2, 0.25) is 0 Å². The molecule has 0 amide bonds. The molecule has 2 N–H and O–H groups in total. The zero-order valence-electron chi connectivity index (χ0n) is 18.3. The van der Waals surface area contributed by atoms with E-state index in [0.29, 0.717) is 5.82 Å². The van der Waals surface area contributed by atoms with Crippen molar-refractivity contribution in [1.29, 1.82) is 0 Å². The number of aryl methyl sites for hydroxylation is 3. The molecule has 2 aromatic heterocycles. The number of rotatable bonds is 5. The van der Waals surface area contributed by atoms with Gasteiger partial charge < -0.3 is 5.32 Å². The second-order valence-corrected chi connectivity index (χ2v) is 8.06. The second kappa shape index (κ2) is 8.23. The van der Waals surface area contributed by atoms with Crippen LogP contribution in [-0.4, -0.2) is 25.6 Å². The minimum atomic E-state index is 0.664. The number of hydrogen-bond donors (Lipinski definition) is 2. The van der Waals surface area contributed by atoms with Crippen molar-refractivity contribution in [3.63, 3.8) is 0 Å². The number of nitrogens with one attached hydrogen (secondary N) is 2. The fourth-order valence-electron chi connectivity index (χ4n) is 4.02. The summed E-state index contributed by atoms with van der Waals surface area (Å²) in [6.45, 7) is 7.05. The number of nitrogens with zero attached hydrogens (tertiary/aromatic N) is 4. The fraction of sp³-hybridized carbons (Fsp3) is 0.154. The molecule has 2 heterocycles. The average molecular weight is 421 g/mol. The summed E-state index contributed by atoms with van der Waals surface area (Å²) >= 11 is 0. The number of pyridine rings is 1. The van der Waals surface area contributed by atoms with Crippen molar-refractivity contribution in [1.82, 2.24) is 25.6 Å². The summed E-state index contributed by atoms with van der Waals surface area (Å²) in [6.07, 6.45) is 0. The van der Waals surface area contributed by atoms with Crippen LogP contribution in [-0.2, 0) is 6.54 Å². The van der Waals surface area contributed by atoms with Crippen molar-refractivity contribution >= 4 is 16.6 Å². The zero-order valence-corrected chi connectivity index (χ0v) is 18.3. The number of anilines is 1. The Morgan fingerprint density at radius 3 is 2.41 bits per heavy atom. The second-order valence-electron chi connectivity index (χ2n) is 8.06. The predicted molar refractivity (Wildman–Crippen MR) is 128 cm³/mol. The molecule has 0 aliphatic rings. The minimum absolute atomic E-state index is 0.664. The Balaban J connectivity index is 1.40. The van der Waals surface area contributed by atoms with Crippen LogP contribution in [0.4, 0.5) is 5.69 Å². The summed E-state index contributed by atoms with van der Waals surface area (Å²) in [5.74, 6) is 0.664. The van der Waals surface area contributed by atoms with Gasteiger partial charge in [0.05, 0.1) is 5.52 Å². The number of aromatic nitrogens is 5. The van der Waals surface area contributed by atoms with Gasteiger partial charge in [0, 0.05) is 28.9 Å². The molecule has 3 aromatic carbocycles. The minimum Gasteiger partial charge on any atom is -0.380 e. The first-order valence-corrected chi connectivity index (χ1v) is 10.6. The van der Waals surface area contributed by atoms with E-state index in [-0.39, 0.29) is 0 Å². The Kier molecular flexibility index (Phi) is 5.11. The van der Waals surface area contributed by atoms with Gasteiger partial charge in [0.2, 0.25) is 0 Å². The van der Waals surface area contributed by atoms with E-state index in [4.69, 9.17) is 4.98 Å². The molecule has 5 rings (SSSR count). The van der Waals surface area contributed by atoms with E-state index < -0.39 is 0 Å². The first-order chi connectivity index (χ1) is 15.6. The van der Waals surface area contributed by atoms with Crippen LogP contribution in [0, 0.1) is 20.8 Å². The van der Waals surface area contributed by atoms with Gasteiger partial charge in [-0.2, -0.15) is 0 Å². The summed E-state index contributed by atoms with van der Waals surface area (Å²) in [4.78, 5) is 4.77. The molecule has 0 saturated heterocycles. The van der Waals surface area contributed by atoms with E-state index in [0.717, 1.165) is 45.5 Å². The van der Waals surface area contributed by atoms with E-state index in [1.807, 2.05) is 25.1 Å². The van der Waals surface area contributed by atoms with Crippen molar-refractivity contribution in [2.75, 3.05) is 5.32 Å². The van der Waals surface area contributed by atoms with Crippen LogP contribution in [0.25, 0.3) is 33.4 Å². The summed E-state index contributed by atoms with van der Waals surface area (Å²) in [5, 5.41) is 19.1. The largest absolute Gasteiger partial charge is 0.380 e. The molecule has 0 bridgehead atoms. The number of benzene rings is 3. The van der Waals surface area contributed by atoms with E-state index in [2.05, 4.69) is 88.3 Å². The fourth-order valence-corrected chi connectivity index (χ4v) is 4.02. The summed E-state index contributed by atoms with van der Waals surface area (Å²) < 4.78 is 0. The highest BCUT2D eigenvalue weighted by atomic mass is 15.5. The maximum atomic E-state index is 4.77. The van der Waals surface area contributed by atoms with Crippen molar-refractivity contribution in [3.05, 3.63) is 89.1 Å². The van der Waals surface area contributed by atoms with Gasteiger partial charge in [0.25, 0.3) is 0 Å². The van der Waals surface area contributed by atoms with E-state index in [1.54, 1.807) is 0 Å². The van der Waals surface area contributed by atoms with Crippen LogP contribution >= 0.6 is 0 Å². The molecule has 158 valence electrons. The van der Waals surface area contributed by atoms with Crippen LogP contribution in [0.3, 0.4) is 0 Å². The van der Waals surface area contributed by atoms with Crippen molar-refractivity contribution < 1.29 is 0 Å². The maximum Gasteiger partial charge on any atom is 0.180 e. The molecular formula is C26H24N6. The standard InChI is InChI=1S/C26H24N6/c1-16-8-13-23-24(14-17(2)28-25(23)18(16)3)27-15-19-9-11-20(12-10-19)21-6-4-5-7-22(21)26-29-31-32-30-26/h4-14H,15H2,1-3H3,(H,27,28)(H,29,30,31,32). The molecule has 0 atom stereocenters. The topological polar surface area (TPSA) is 79.4 Å². The van der Waals surface area contributed by atoms with Crippen LogP contribution in [0.5, 0.6) is 0 Å². The third-order valence-electron chi connectivity index (χ3n) is 5.91. The number of hydrogen-bond acceptors (Lipinski definition) is 5. The number of aromatic amines is 1. The number of H-pyrrole nitrogens is 1. The molecule has 0 fully saturated rings. The summed E-state index contributed by atoms with van der Waals surface area (Å²) in [6, 6.07) is 23.2. The molecule has 0 aliphatic carbocycles. The van der Waals surface area contributed by atoms with Gasteiger partial charge >= 0.3 is 0 Å². The highest BCUT2D eigenvalue weighted by Crippen LogP contribution is 2.30. The first kappa shape index (κ1) is 19.9. The monoisotopic (exact) mass is 420 g/mol. The third-order valence-corrected chi connectivity index (χ3v) is 5.91. The van der Waals surface area contributed by atoms with E-state index in [9.17, 15) is 0 Å². The highest BCUT2D eigenvalue weighted by Gasteiger charge is 2.11. The van der Waals surface area contributed by atoms with E-state index >= 15 is 0 Å². The van der Waals surface area contributed by atoms with Crippen LogP contribution < -0.4 is 5.32 Å². The smallest absolute Gasteiger partial charge is 0.180 e. The zero-order chi connectivity index (χ0) is 22.1. The lowest BCUT2D eigenvalue weighted by Gasteiger charge is -2.14. The van der Waals surface area contributed by atoms with Crippen molar-refractivity contribution in [3.8, 4) is 22.5 Å². The van der Waals surface area contributed by atoms with Gasteiger partial charge in [-0.25, -0.2) is 5.10 Å². The quantitative estimate of drug-likeness (QED) is 0.386. The average Bonchev–Trinajstić information content (AvgIpc) is 3.35. The van der Waals surface area contributed by atoms with E-state index in [1.165, 1.54) is 16.7 Å². The molecule has 0 spiro atoms. The SMILES string of the molecule is Cc1cc(NCc2ccc(-c3ccccc3-c3nnn[nH]3)cc2)c2ccc(C)c(C)c2n1. The Morgan fingerprint density at radius 1 is 0.875 bits per heavy atom. The highest BCUT2D eigenvalue weighted by molar-refractivity contribution is 5.94. The number of tetrazole rings is 1. The Morgan fingerprint density at radius 2 is 1.66 bits per heavy atom. The molecule has 6 heteroatoms. The molecule has 0 saturated carbocycles. The van der Waals surface area contributed by atoms with Gasteiger partial charge in [-0.15, -0.1) is 5.10 Å². The molecule has 0 unspecified atom stereocenters. The van der Waals surface area contributed by atoms with Crippen LogP contribution in [0.15, 0.2) is 66.7 Å². The molecule has 0 aliphatic heterocycles. The molecule has 32 heavy (non-hydrogen) atoms. The predicted octanol–water partition coefficient (Wildman–Crippen LogP) is 5.62. The Labute approximate surface area is 186 Å². The Bertz CT molecular complexity index is 1390. The van der Waals surface area contributed by atoms with Gasteiger partial charge in [0.1, 0.15) is 0 Å². The molecule has 5 aromatic rings. The summed E-state index contributed by atoms with van der Waals surface area (Å²) in [7, 11) is 0.